The largest absolute Gasteiger partial charge is 0.364 e. The predicted molar refractivity (Wildman–Crippen MR) is 75.6 cm³/mol. The lowest BCUT2D eigenvalue weighted by molar-refractivity contribution is 0.462. The Kier molecular flexibility index (Phi) is 3.64. The number of fused-ring (bicyclic) bond motifs is 1. The Morgan fingerprint density at radius 1 is 1.47 bits per heavy atom. The molecule has 0 aromatic carbocycles. The van der Waals surface area contributed by atoms with Gasteiger partial charge in [0.1, 0.15) is 5.82 Å². The number of nitrogens with one attached hydrogen (secondary N) is 1. The number of aromatic nitrogens is 1. The molecule has 2 rings (SSSR count). The van der Waals surface area contributed by atoms with Crippen LogP contribution in [0.1, 0.15) is 26.7 Å². The highest BCUT2D eigenvalue weighted by atomic mass is 32.1. The minimum absolute atomic E-state index is 0.0258. The summed E-state index contributed by atoms with van der Waals surface area (Å²) >= 11 is 1.74. The van der Waals surface area contributed by atoms with Gasteiger partial charge in [0, 0.05) is 21.8 Å². The van der Waals surface area contributed by atoms with Gasteiger partial charge >= 0.3 is 0 Å². The van der Waals surface area contributed by atoms with E-state index in [0.717, 1.165) is 18.7 Å². The molecular formula is C13H19N3S. The summed E-state index contributed by atoms with van der Waals surface area (Å²) in [5.74, 6) is 0.974. The van der Waals surface area contributed by atoms with E-state index in [1.165, 1.54) is 10.1 Å². The first kappa shape index (κ1) is 12.3. The smallest absolute Gasteiger partial charge is 0.135 e. The second-order valence-corrected chi connectivity index (χ2v) is 5.52. The molecule has 0 amide bonds. The van der Waals surface area contributed by atoms with Crippen molar-refractivity contribution in [2.45, 2.75) is 32.2 Å². The summed E-state index contributed by atoms with van der Waals surface area (Å²) in [4.78, 5) is 4.45. The minimum Gasteiger partial charge on any atom is -0.364 e. The summed E-state index contributed by atoms with van der Waals surface area (Å²) in [5.41, 5.74) is 5.70. The third-order valence-electron chi connectivity index (χ3n) is 3.28. The van der Waals surface area contributed by atoms with Crippen LogP contribution < -0.4 is 11.1 Å². The number of anilines is 1. The van der Waals surface area contributed by atoms with Crippen LogP contribution in [-0.4, -0.2) is 17.1 Å². The van der Waals surface area contributed by atoms with Crippen LogP contribution in [0.25, 0.3) is 10.1 Å². The van der Waals surface area contributed by atoms with Crippen LogP contribution in [0.2, 0.25) is 0 Å². The fourth-order valence-corrected chi connectivity index (χ4v) is 2.71. The number of pyridine rings is 1. The van der Waals surface area contributed by atoms with Crippen LogP contribution in [0.15, 0.2) is 23.7 Å². The molecule has 0 aliphatic carbocycles. The van der Waals surface area contributed by atoms with Gasteiger partial charge in [0.15, 0.2) is 0 Å². The Labute approximate surface area is 106 Å². The van der Waals surface area contributed by atoms with Crippen molar-refractivity contribution in [1.82, 2.24) is 4.98 Å². The number of nitrogens with zero attached hydrogens (tertiary/aromatic N) is 1. The standard InChI is InChI=1S/C13H19N3S/c1-3-13(2,6-7-14)16-12-10-5-9-17-11(10)4-8-15-12/h4-5,8-9H,3,6-7,14H2,1-2H3,(H,15,16). The highest BCUT2D eigenvalue weighted by molar-refractivity contribution is 7.17. The maximum Gasteiger partial charge on any atom is 0.135 e. The second-order valence-electron chi connectivity index (χ2n) is 4.57. The van der Waals surface area contributed by atoms with Crippen LogP contribution in [0.4, 0.5) is 5.82 Å². The molecule has 2 aromatic rings. The molecule has 0 aliphatic heterocycles. The summed E-state index contributed by atoms with van der Waals surface area (Å²) < 4.78 is 1.27. The Morgan fingerprint density at radius 2 is 2.29 bits per heavy atom. The molecule has 92 valence electrons. The normalized spacial score (nSPS) is 14.8. The van der Waals surface area contributed by atoms with E-state index in [1.54, 1.807) is 11.3 Å². The Hall–Kier alpha value is -1.13. The van der Waals surface area contributed by atoms with E-state index >= 15 is 0 Å². The van der Waals surface area contributed by atoms with E-state index in [9.17, 15) is 0 Å². The lowest BCUT2D eigenvalue weighted by atomic mass is 9.94. The number of nitrogens with two attached hydrogens (primary N) is 1. The van der Waals surface area contributed by atoms with Gasteiger partial charge in [0.25, 0.3) is 0 Å². The van der Waals surface area contributed by atoms with Crippen LogP contribution >= 0.6 is 11.3 Å². The van der Waals surface area contributed by atoms with E-state index in [-0.39, 0.29) is 5.54 Å². The SMILES string of the molecule is CCC(C)(CCN)Nc1nccc2sccc12. The van der Waals surface area contributed by atoms with Crippen LogP contribution in [0.5, 0.6) is 0 Å². The summed E-state index contributed by atoms with van der Waals surface area (Å²) in [6, 6.07) is 4.17. The number of hydrogen-bond acceptors (Lipinski definition) is 4. The summed E-state index contributed by atoms with van der Waals surface area (Å²) in [5, 5.41) is 6.85. The van der Waals surface area contributed by atoms with E-state index in [4.69, 9.17) is 5.73 Å². The van der Waals surface area contributed by atoms with Crippen molar-refractivity contribution in [2.75, 3.05) is 11.9 Å². The fraction of sp³-hybridized carbons (Fsp3) is 0.462. The predicted octanol–water partition coefficient (Wildman–Crippen LogP) is 3.23. The summed E-state index contributed by atoms with van der Waals surface area (Å²) in [6.07, 6.45) is 3.85. The average Bonchev–Trinajstić information content (AvgIpc) is 2.78. The molecule has 1 unspecified atom stereocenters. The monoisotopic (exact) mass is 249 g/mol. The van der Waals surface area contributed by atoms with Gasteiger partial charge in [-0.1, -0.05) is 6.92 Å². The maximum absolute atomic E-state index is 5.68. The zero-order chi connectivity index (χ0) is 12.3. The van der Waals surface area contributed by atoms with Gasteiger partial charge in [-0.15, -0.1) is 11.3 Å². The highest BCUT2D eigenvalue weighted by Crippen LogP contribution is 2.29. The van der Waals surface area contributed by atoms with E-state index < -0.39 is 0 Å². The number of rotatable bonds is 5. The van der Waals surface area contributed by atoms with Crippen molar-refractivity contribution >= 4 is 27.2 Å². The van der Waals surface area contributed by atoms with Gasteiger partial charge in [-0.2, -0.15) is 0 Å². The van der Waals surface area contributed by atoms with Crippen molar-refractivity contribution in [3.63, 3.8) is 0 Å². The van der Waals surface area contributed by atoms with Gasteiger partial charge in [-0.05, 0) is 43.8 Å². The molecule has 3 N–H and O–H groups in total. The second kappa shape index (κ2) is 5.02. The van der Waals surface area contributed by atoms with Gasteiger partial charge < -0.3 is 11.1 Å². The minimum atomic E-state index is 0.0258. The molecule has 0 spiro atoms. The molecule has 0 radical (unpaired) electrons. The van der Waals surface area contributed by atoms with Crippen molar-refractivity contribution < 1.29 is 0 Å². The topological polar surface area (TPSA) is 50.9 Å². The molecule has 4 heteroatoms. The molecule has 0 saturated heterocycles. The summed E-state index contributed by atoms with van der Waals surface area (Å²) in [7, 11) is 0. The Bertz CT molecular complexity index is 494. The van der Waals surface area contributed by atoms with Gasteiger partial charge in [0.05, 0.1) is 0 Å². The van der Waals surface area contributed by atoms with Crippen LogP contribution in [0, 0.1) is 0 Å². The number of hydrogen-bond donors (Lipinski definition) is 2. The van der Waals surface area contributed by atoms with Gasteiger partial charge in [0.2, 0.25) is 0 Å². The molecule has 2 heterocycles. The first-order valence-electron chi connectivity index (χ1n) is 5.99. The fourth-order valence-electron chi connectivity index (χ4n) is 1.93. The molecule has 0 bridgehead atoms. The average molecular weight is 249 g/mol. The van der Waals surface area contributed by atoms with Gasteiger partial charge in [-0.3, -0.25) is 0 Å². The van der Waals surface area contributed by atoms with Gasteiger partial charge in [-0.25, -0.2) is 4.98 Å². The maximum atomic E-state index is 5.68. The van der Waals surface area contributed by atoms with E-state index in [1.807, 2.05) is 6.20 Å². The lowest BCUT2D eigenvalue weighted by Crippen LogP contribution is -2.36. The first-order valence-corrected chi connectivity index (χ1v) is 6.87. The Morgan fingerprint density at radius 3 is 3.00 bits per heavy atom. The molecule has 0 aliphatic rings. The third-order valence-corrected chi connectivity index (χ3v) is 4.16. The van der Waals surface area contributed by atoms with Crippen LogP contribution in [-0.2, 0) is 0 Å². The lowest BCUT2D eigenvalue weighted by Gasteiger charge is -2.30. The quantitative estimate of drug-likeness (QED) is 0.855. The highest BCUT2D eigenvalue weighted by Gasteiger charge is 2.22. The first-order chi connectivity index (χ1) is 8.18. The third kappa shape index (κ3) is 2.58. The molecular weight excluding hydrogens is 230 g/mol. The molecule has 17 heavy (non-hydrogen) atoms. The molecule has 1 atom stereocenters. The zero-order valence-corrected chi connectivity index (χ0v) is 11.2. The van der Waals surface area contributed by atoms with Crippen molar-refractivity contribution in [1.29, 1.82) is 0 Å². The van der Waals surface area contributed by atoms with Crippen molar-refractivity contribution in [3.8, 4) is 0 Å². The zero-order valence-electron chi connectivity index (χ0n) is 10.4. The van der Waals surface area contributed by atoms with Crippen LogP contribution in [0.3, 0.4) is 0 Å². The molecule has 0 saturated carbocycles. The van der Waals surface area contributed by atoms with Crippen molar-refractivity contribution in [3.05, 3.63) is 23.7 Å². The van der Waals surface area contributed by atoms with Crippen molar-refractivity contribution in [2.24, 2.45) is 5.73 Å². The molecule has 0 fully saturated rings. The Balaban J connectivity index is 2.31. The van der Waals surface area contributed by atoms with E-state index in [0.29, 0.717) is 6.54 Å². The van der Waals surface area contributed by atoms with E-state index in [2.05, 4.69) is 41.7 Å². The summed E-state index contributed by atoms with van der Waals surface area (Å²) in [6.45, 7) is 5.07. The number of thiophene rings is 1. The molecule has 2 aromatic heterocycles. The molecule has 3 nitrogen and oxygen atoms in total.